The standard InChI is InChI=1S/C14H20BrN3O/c1-11(2)10-17-5-7-18(8-6-17)14(19)12-3-4-13(15)16-9-12/h3-4,9,11H,5-8,10H2,1-2H3. The Kier molecular flexibility index (Phi) is 4.93. The molecular formula is C14H20BrN3O. The molecule has 19 heavy (non-hydrogen) atoms. The first-order valence-electron chi connectivity index (χ1n) is 6.69. The van der Waals surface area contributed by atoms with Crippen LogP contribution >= 0.6 is 15.9 Å². The zero-order valence-electron chi connectivity index (χ0n) is 11.5. The van der Waals surface area contributed by atoms with Crippen molar-refractivity contribution in [3.05, 3.63) is 28.5 Å². The largest absolute Gasteiger partial charge is 0.336 e. The third-order valence-electron chi connectivity index (χ3n) is 3.26. The average Bonchev–Trinajstić information content (AvgIpc) is 2.39. The zero-order chi connectivity index (χ0) is 13.8. The van der Waals surface area contributed by atoms with Gasteiger partial charge in [-0.15, -0.1) is 0 Å². The molecule has 1 fully saturated rings. The highest BCUT2D eigenvalue weighted by Crippen LogP contribution is 2.11. The number of hydrogen-bond donors (Lipinski definition) is 0. The molecule has 4 nitrogen and oxygen atoms in total. The maximum atomic E-state index is 12.3. The first-order chi connectivity index (χ1) is 9.06. The van der Waals surface area contributed by atoms with Gasteiger partial charge in [-0.1, -0.05) is 13.8 Å². The summed E-state index contributed by atoms with van der Waals surface area (Å²) in [5.41, 5.74) is 0.667. The van der Waals surface area contributed by atoms with Crippen molar-refractivity contribution in [1.29, 1.82) is 0 Å². The van der Waals surface area contributed by atoms with E-state index in [4.69, 9.17) is 0 Å². The normalized spacial score (nSPS) is 16.9. The van der Waals surface area contributed by atoms with Gasteiger partial charge in [0, 0.05) is 38.9 Å². The van der Waals surface area contributed by atoms with Crippen molar-refractivity contribution >= 4 is 21.8 Å². The Bertz CT molecular complexity index is 425. The summed E-state index contributed by atoms with van der Waals surface area (Å²) in [5.74, 6) is 0.766. The van der Waals surface area contributed by atoms with E-state index in [0.717, 1.165) is 37.3 Å². The lowest BCUT2D eigenvalue weighted by Gasteiger charge is -2.35. The molecule has 1 aliphatic rings. The monoisotopic (exact) mass is 325 g/mol. The molecule has 2 rings (SSSR count). The number of aromatic nitrogens is 1. The summed E-state index contributed by atoms with van der Waals surface area (Å²) >= 11 is 3.28. The van der Waals surface area contributed by atoms with Crippen molar-refractivity contribution in [3.63, 3.8) is 0 Å². The Morgan fingerprint density at radius 1 is 1.32 bits per heavy atom. The van der Waals surface area contributed by atoms with E-state index in [9.17, 15) is 4.79 Å². The summed E-state index contributed by atoms with van der Waals surface area (Å²) < 4.78 is 0.755. The molecule has 1 aliphatic heterocycles. The van der Waals surface area contributed by atoms with Crippen molar-refractivity contribution in [2.45, 2.75) is 13.8 Å². The fraction of sp³-hybridized carbons (Fsp3) is 0.571. The molecule has 0 saturated carbocycles. The minimum absolute atomic E-state index is 0.0872. The maximum absolute atomic E-state index is 12.3. The second kappa shape index (κ2) is 6.48. The minimum atomic E-state index is 0.0872. The lowest BCUT2D eigenvalue weighted by Crippen LogP contribution is -2.49. The molecule has 0 aromatic carbocycles. The van der Waals surface area contributed by atoms with Gasteiger partial charge < -0.3 is 4.90 Å². The smallest absolute Gasteiger partial charge is 0.255 e. The third kappa shape index (κ3) is 4.01. The van der Waals surface area contributed by atoms with Gasteiger partial charge in [0.2, 0.25) is 0 Å². The number of pyridine rings is 1. The van der Waals surface area contributed by atoms with Gasteiger partial charge in [-0.3, -0.25) is 9.69 Å². The summed E-state index contributed by atoms with van der Waals surface area (Å²) in [5, 5.41) is 0. The van der Waals surface area contributed by atoms with E-state index in [0.29, 0.717) is 11.5 Å². The van der Waals surface area contributed by atoms with Crippen molar-refractivity contribution < 1.29 is 4.79 Å². The second-order valence-electron chi connectivity index (χ2n) is 5.36. The van der Waals surface area contributed by atoms with E-state index >= 15 is 0 Å². The molecule has 1 aromatic heterocycles. The Morgan fingerprint density at radius 3 is 2.53 bits per heavy atom. The van der Waals surface area contributed by atoms with Gasteiger partial charge in [0.05, 0.1) is 5.56 Å². The number of hydrogen-bond acceptors (Lipinski definition) is 3. The lowest BCUT2D eigenvalue weighted by molar-refractivity contribution is 0.0623. The Balaban J connectivity index is 1.90. The molecule has 2 heterocycles. The SMILES string of the molecule is CC(C)CN1CCN(C(=O)c2ccc(Br)nc2)CC1. The van der Waals surface area contributed by atoms with E-state index in [-0.39, 0.29) is 5.91 Å². The highest BCUT2D eigenvalue weighted by molar-refractivity contribution is 9.10. The number of halogens is 1. The molecule has 0 spiro atoms. The number of carbonyl (C=O) groups excluding carboxylic acids is 1. The maximum Gasteiger partial charge on any atom is 0.255 e. The molecule has 0 N–H and O–H groups in total. The van der Waals surface area contributed by atoms with E-state index in [1.807, 2.05) is 17.0 Å². The van der Waals surface area contributed by atoms with Gasteiger partial charge in [-0.2, -0.15) is 0 Å². The van der Waals surface area contributed by atoms with Crippen molar-refractivity contribution in [3.8, 4) is 0 Å². The van der Waals surface area contributed by atoms with Crippen LogP contribution in [0.5, 0.6) is 0 Å². The molecule has 104 valence electrons. The molecule has 0 radical (unpaired) electrons. The van der Waals surface area contributed by atoms with Crippen LogP contribution in [0.1, 0.15) is 24.2 Å². The van der Waals surface area contributed by atoms with Gasteiger partial charge in [-0.25, -0.2) is 4.98 Å². The summed E-state index contributed by atoms with van der Waals surface area (Å²) in [6.45, 7) is 9.11. The highest BCUT2D eigenvalue weighted by Gasteiger charge is 2.22. The van der Waals surface area contributed by atoms with Crippen molar-refractivity contribution in [2.24, 2.45) is 5.92 Å². The van der Waals surface area contributed by atoms with E-state index in [1.54, 1.807) is 6.20 Å². The van der Waals surface area contributed by atoms with Crippen LogP contribution in [0, 0.1) is 5.92 Å². The first-order valence-corrected chi connectivity index (χ1v) is 7.48. The summed E-state index contributed by atoms with van der Waals surface area (Å²) in [6, 6.07) is 3.63. The molecule has 5 heteroatoms. The van der Waals surface area contributed by atoms with E-state index < -0.39 is 0 Å². The van der Waals surface area contributed by atoms with Crippen molar-refractivity contribution in [1.82, 2.24) is 14.8 Å². The highest BCUT2D eigenvalue weighted by atomic mass is 79.9. The van der Waals surface area contributed by atoms with Crippen LogP contribution < -0.4 is 0 Å². The van der Waals surface area contributed by atoms with Gasteiger partial charge in [0.25, 0.3) is 5.91 Å². The average molecular weight is 326 g/mol. The van der Waals surface area contributed by atoms with Crippen LogP contribution in [0.4, 0.5) is 0 Å². The van der Waals surface area contributed by atoms with Crippen LogP contribution in [0.3, 0.4) is 0 Å². The topological polar surface area (TPSA) is 36.4 Å². The van der Waals surface area contributed by atoms with Gasteiger partial charge in [-0.05, 0) is 34.0 Å². The fourth-order valence-electron chi connectivity index (χ4n) is 2.33. The lowest BCUT2D eigenvalue weighted by atomic mass is 10.1. The molecule has 1 aromatic rings. The van der Waals surface area contributed by atoms with E-state index in [1.165, 1.54) is 0 Å². The predicted molar refractivity (Wildman–Crippen MR) is 79.1 cm³/mol. The van der Waals surface area contributed by atoms with Crippen LogP contribution in [0.15, 0.2) is 22.9 Å². The summed E-state index contributed by atoms with van der Waals surface area (Å²) in [7, 11) is 0. The van der Waals surface area contributed by atoms with Gasteiger partial charge in [0.15, 0.2) is 0 Å². The first kappa shape index (κ1) is 14.5. The van der Waals surface area contributed by atoms with E-state index in [2.05, 4.69) is 39.7 Å². The molecule has 0 bridgehead atoms. The third-order valence-corrected chi connectivity index (χ3v) is 3.73. The Morgan fingerprint density at radius 2 is 2.00 bits per heavy atom. The Hall–Kier alpha value is -0.940. The second-order valence-corrected chi connectivity index (χ2v) is 6.17. The molecule has 1 saturated heterocycles. The quantitative estimate of drug-likeness (QED) is 0.800. The zero-order valence-corrected chi connectivity index (χ0v) is 13.1. The number of piperazine rings is 1. The van der Waals surface area contributed by atoms with Crippen LogP contribution in [-0.2, 0) is 0 Å². The number of amides is 1. The molecular weight excluding hydrogens is 306 g/mol. The molecule has 1 amide bonds. The van der Waals surface area contributed by atoms with Gasteiger partial charge in [0.1, 0.15) is 4.60 Å². The fourth-order valence-corrected chi connectivity index (χ4v) is 2.57. The van der Waals surface area contributed by atoms with Crippen molar-refractivity contribution in [2.75, 3.05) is 32.7 Å². The predicted octanol–water partition coefficient (Wildman–Crippen LogP) is 2.26. The van der Waals surface area contributed by atoms with Crippen LogP contribution in [-0.4, -0.2) is 53.4 Å². The number of nitrogens with zero attached hydrogens (tertiary/aromatic N) is 3. The Labute approximate surface area is 122 Å². The van der Waals surface area contributed by atoms with Crippen LogP contribution in [0.2, 0.25) is 0 Å². The van der Waals surface area contributed by atoms with Crippen LogP contribution in [0.25, 0.3) is 0 Å². The molecule has 0 atom stereocenters. The minimum Gasteiger partial charge on any atom is -0.336 e. The number of rotatable bonds is 3. The molecule has 0 unspecified atom stereocenters. The van der Waals surface area contributed by atoms with Gasteiger partial charge >= 0.3 is 0 Å². The number of carbonyl (C=O) groups is 1. The summed E-state index contributed by atoms with van der Waals surface area (Å²) in [4.78, 5) is 20.7. The molecule has 0 aliphatic carbocycles. The summed E-state index contributed by atoms with van der Waals surface area (Å²) in [6.07, 6.45) is 1.63.